The highest BCUT2D eigenvalue weighted by molar-refractivity contribution is 6.88. The quantitative estimate of drug-likeness (QED) is 0.651. The summed E-state index contributed by atoms with van der Waals surface area (Å²) in [5.41, 5.74) is 0.833. The molecule has 0 saturated carbocycles. The van der Waals surface area contributed by atoms with E-state index in [0.717, 1.165) is 11.0 Å². The third-order valence-electron chi connectivity index (χ3n) is 2.42. The third-order valence-corrected chi connectivity index (χ3v) is 4.46. The zero-order valence-electron chi connectivity index (χ0n) is 10.1. The first-order valence-electron chi connectivity index (χ1n) is 5.40. The number of rotatable bonds is 1. The molecule has 1 aromatic carbocycles. The van der Waals surface area contributed by atoms with Crippen LogP contribution in [0.5, 0.6) is 0 Å². The van der Waals surface area contributed by atoms with E-state index in [9.17, 15) is 0 Å². The topological polar surface area (TPSA) is 13.1 Å². The van der Waals surface area contributed by atoms with Crippen molar-refractivity contribution in [3.05, 3.63) is 30.0 Å². The number of fused-ring (bicyclic) bond motifs is 1. The van der Waals surface area contributed by atoms with Gasteiger partial charge >= 0.3 is 0 Å². The molecule has 2 heteroatoms. The van der Waals surface area contributed by atoms with Crippen molar-refractivity contribution in [1.29, 1.82) is 0 Å². The van der Waals surface area contributed by atoms with Gasteiger partial charge in [-0.1, -0.05) is 37.0 Å². The minimum Gasteiger partial charge on any atom is -0.461 e. The van der Waals surface area contributed by atoms with Crippen LogP contribution in [0.15, 0.2) is 28.7 Å². The van der Waals surface area contributed by atoms with Crippen LogP contribution < -0.4 is 5.19 Å². The fourth-order valence-electron chi connectivity index (χ4n) is 1.56. The highest BCUT2D eigenvalue weighted by atomic mass is 28.3. The zero-order valence-corrected chi connectivity index (χ0v) is 10.1. The Morgan fingerprint density at radius 1 is 1.29 bits per heavy atom. The molecule has 1 nitrogen and oxygen atoms in total. The van der Waals surface area contributed by atoms with Crippen molar-refractivity contribution in [1.82, 2.24) is 0 Å². The SMILES string of the molecule is [2H]c1c(C)oc2ccc([Si](C)(C)C)cc12. The average Bonchev–Trinajstić information content (AvgIpc) is 2.41. The van der Waals surface area contributed by atoms with E-state index in [2.05, 4.69) is 31.8 Å². The Balaban J connectivity index is 2.70. The first-order valence-corrected chi connectivity index (χ1v) is 8.40. The van der Waals surface area contributed by atoms with Gasteiger partial charge in [0.05, 0.1) is 9.44 Å². The van der Waals surface area contributed by atoms with Crippen LogP contribution >= 0.6 is 0 Å². The normalized spacial score (nSPS) is 13.3. The van der Waals surface area contributed by atoms with Crippen LogP contribution in [0.4, 0.5) is 0 Å². The summed E-state index contributed by atoms with van der Waals surface area (Å²) in [4.78, 5) is 0. The molecule has 2 aromatic rings. The molecule has 0 aliphatic carbocycles. The molecule has 0 aliphatic heterocycles. The standard InChI is InChI=1S/C12H16OSi/c1-9-7-10-8-11(14(2,3)4)5-6-12(10)13-9/h5-8H,1-4H3/i7D. The van der Waals surface area contributed by atoms with Crippen LogP contribution in [-0.2, 0) is 0 Å². The van der Waals surface area contributed by atoms with Gasteiger partial charge in [0, 0.05) is 5.39 Å². The summed E-state index contributed by atoms with van der Waals surface area (Å²) in [6.45, 7) is 8.77. The third kappa shape index (κ3) is 1.62. The maximum Gasteiger partial charge on any atom is 0.134 e. The number of furan rings is 1. The van der Waals surface area contributed by atoms with Crippen molar-refractivity contribution in [2.24, 2.45) is 0 Å². The summed E-state index contributed by atoms with van der Waals surface area (Å²) >= 11 is 0. The highest BCUT2D eigenvalue weighted by Crippen LogP contribution is 2.18. The van der Waals surface area contributed by atoms with E-state index < -0.39 is 8.07 Å². The molecule has 0 amide bonds. The molecule has 0 radical (unpaired) electrons. The maximum atomic E-state index is 7.89. The molecule has 2 rings (SSSR count). The van der Waals surface area contributed by atoms with Gasteiger partial charge in [0.2, 0.25) is 0 Å². The highest BCUT2D eigenvalue weighted by Gasteiger charge is 2.16. The Morgan fingerprint density at radius 2 is 2.00 bits per heavy atom. The van der Waals surface area contributed by atoms with E-state index in [-0.39, 0.29) is 0 Å². The van der Waals surface area contributed by atoms with E-state index in [1.807, 2.05) is 13.0 Å². The van der Waals surface area contributed by atoms with Crippen LogP contribution in [0.1, 0.15) is 7.13 Å². The Kier molecular flexibility index (Phi) is 1.77. The number of hydrogen-bond acceptors (Lipinski definition) is 1. The minimum atomic E-state index is -1.29. The van der Waals surface area contributed by atoms with E-state index in [1.54, 1.807) is 0 Å². The lowest BCUT2D eigenvalue weighted by Crippen LogP contribution is -2.37. The fourth-order valence-corrected chi connectivity index (χ4v) is 2.72. The lowest BCUT2D eigenvalue weighted by atomic mass is 10.2. The van der Waals surface area contributed by atoms with Gasteiger partial charge in [0.15, 0.2) is 0 Å². The molecule has 0 unspecified atom stereocenters. The first-order chi connectivity index (χ1) is 6.89. The van der Waals surface area contributed by atoms with Gasteiger partial charge in [-0.15, -0.1) is 0 Å². The fraction of sp³-hybridized carbons (Fsp3) is 0.333. The molecule has 0 saturated heterocycles. The van der Waals surface area contributed by atoms with Crippen molar-refractivity contribution in [2.75, 3.05) is 0 Å². The lowest BCUT2D eigenvalue weighted by Gasteiger charge is -2.15. The van der Waals surface area contributed by atoms with Crippen LogP contribution in [0, 0.1) is 6.92 Å². The Bertz CT molecular complexity index is 508. The summed E-state index contributed by atoms with van der Waals surface area (Å²) in [7, 11) is -1.29. The smallest absolute Gasteiger partial charge is 0.134 e. The van der Waals surface area contributed by atoms with Crippen LogP contribution in [0.25, 0.3) is 11.0 Å². The van der Waals surface area contributed by atoms with Gasteiger partial charge in [-0.25, -0.2) is 0 Å². The van der Waals surface area contributed by atoms with Crippen LogP contribution in [0.3, 0.4) is 0 Å². The summed E-state index contributed by atoms with van der Waals surface area (Å²) < 4.78 is 13.4. The van der Waals surface area contributed by atoms with Gasteiger partial charge < -0.3 is 4.42 Å². The van der Waals surface area contributed by atoms with Gasteiger partial charge in [-0.3, -0.25) is 0 Å². The Morgan fingerprint density at radius 3 is 2.64 bits per heavy atom. The van der Waals surface area contributed by atoms with Gasteiger partial charge in [0.1, 0.15) is 11.3 Å². The molecule has 0 atom stereocenters. The molecule has 74 valence electrons. The summed E-state index contributed by atoms with van der Waals surface area (Å²) in [5.74, 6) is 0.706. The molecule has 0 bridgehead atoms. The largest absolute Gasteiger partial charge is 0.461 e. The zero-order chi connectivity index (χ0) is 11.2. The Labute approximate surface area is 87.2 Å². The van der Waals surface area contributed by atoms with Crippen molar-refractivity contribution < 1.29 is 5.79 Å². The van der Waals surface area contributed by atoms with Crippen LogP contribution in [-0.4, -0.2) is 8.07 Å². The number of aryl methyl sites for hydroxylation is 1. The van der Waals surface area contributed by atoms with Gasteiger partial charge in [-0.05, 0) is 19.0 Å². The molecule has 0 aliphatic rings. The van der Waals surface area contributed by atoms with Crippen LogP contribution in [0.2, 0.25) is 19.6 Å². The molecule has 0 N–H and O–H groups in total. The van der Waals surface area contributed by atoms with Gasteiger partial charge in [0.25, 0.3) is 0 Å². The second kappa shape index (κ2) is 2.99. The average molecular weight is 205 g/mol. The second-order valence-electron chi connectivity index (χ2n) is 4.74. The molecular weight excluding hydrogens is 188 g/mol. The van der Waals surface area contributed by atoms with Crippen molar-refractivity contribution >= 4 is 24.2 Å². The molecule has 1 aromatic heterocycles. The predicted molar refractivity (Wildman–Crippen MR) is 63.9 cm³/mol. The number of benzene rings is 1. The summed E-state index contributed by atoms with van der Waals surface area (Å²) in [6.07, 6.45) is 0. The molecule has 0 spiro atoms. The maximum absolute atomic E-state index is 7.89. The second-order valence-corrected chi connectivity index (χ2v) is 9.82. The monoisotopic (exact) mass is 205 g/mol. The van der Waals surface area contributed by atoms with E-state index in [0.29, 0.717) is 11.8 Å². The van der Waals surface area contributed by atoms with Crippen molar-refractivity contribution in [3.63, 3.8) is 0 Å². The van der Waals surface area contributed by atoms with E-state index in [4.69, 9.17) is 5.79 Å². The van der Waals surface area contributed by atoms with E-state index in [1.165, 1.54) is 5.19 Å². The molecular formula is C12H16OSi. The van der Waals surface area contributed by atoms with Crippen molar-refractivity contribution in [3.8, 4) is 0 Å². The predicted octanol–water partition coefficient (Wildman–Crippen LogP) is 3.29. The number of hydrogen-bond donors (Lipinski definition) is 0. The molecule has 1 heterocycles. The summed E-state index contributed by atoms with van der Waals surface area (Å²) in [5, 5.41) is 2.33. The van der Waals surface area contributed by atoms with Crippen molar-refractivity contribution in [2.45, 2.75) is 26.6 Å². The summed E-state index contributed by atoms with van der Waals surface area (Å²) in [6, 6.07) is 6.79. The molecule has 14 heavy (non-hydrogen) atoms. The Hall–Kier alpha value is -1.02. The lowest BCUT2D eigenvalue weighted by molar-refractivity contribution is 0.578. The van der Waals surface area contributed by atoms with E-state index >= 15 is 0 Å². The molecule has 0 fully saturated rings. The first kappa shape index (κ1) is 8.30. The minimum absolute atomic E-state index is 0.533. The van der Waals surface area contributed by atoms with Gasteiger partial charge in [-0.2, -0.15) is 0 Å².